The van der Waals surface area contributed by atoms with Crippen molar-refractivity contribution in [3.63, 3.8) is 0 Å². The lowest BCUT2D eigenvalue weighted by Gasteiger charge is -2.19. The Balaban J connectivity index is 2.54. The lowest BCUT2D eigenvalue weighted by atomic mass is 9.90. The minimum atomic E-state index is -1.02. The van der Waals surface area contributed by atoms with E-state index in [1.54, 1.807) is 6.08 Å². The number of Topliss-reactive ketones (excluding diaryl/α,β-unsaturated/α-hetero) is 1. The lowest BCUT2D eigenvalue weighted by molar-refractivity contribution is -0.139. The standard InChI is InChI=1S/C15H24O6/c1-9(16)3-2-4-10(17)5-6-11-12(7-15(20)21)14(19)8-13(11)18/h5-6,10-14,17-19H,2-4,7-8H2,1H3,(H,20,21)/t10?,11-,12-,13-,14+/m1/s1. The summed E-state index contributed by atoms with van der Waals surface area (Å²) in [7, 11) is 0. The number of aliphatic hydroxyl groups is 3. The minimum Gasteiger partial charge on any atom is -0.481 e. The number of ketones is 1. The van der Waals surface area contributed by atoms with Crippen LogP contribution in [0.3, 0.4) is 0 Å². The summed E-state index contributed by atoms with van der Waals surface area (Å²) in [4.78, 5) is 21.6. The summed E-state index contributed by atoms with van der Waals surface area (Å²) in [6.07, 6.45) is 2.08. The molecule has 0 aromatic heterocycles. The van der Waals surface area contributed by atoms with Gasteiger partial charge in [0, 0.05) is 24.7 Å². The molecule has 1 unspecified atom stereocenters. The molecule has 120 valence electrons. The Labute approximate surface area is 124 Å². The number of carbonyl (C=O) groups is 2. The molecule has 0 aromatic rings. The molecule has 1 aliphatic carbocycles. The molecule has 0 bridgehead atoms. The van der Waals surface area contributed by atoms with Crippen molar-refractivity contribution in [3.8, 4) is 0 Å². The van der Waals surface area contributed by atoms with Gasteiger partial charge in [0.1, 0.15) is 5.78 Å². The second-order valence-electron chi connectivity index (χ2n) is 5.76. The van der Waals surface area contributed by atoms with Crippen molar-refractivity contribution in [2.45, 2.75) is 57.3 Å². The lowest BCUT2D eigenvalue weighted by Crippen LogP contribution is -2.23. The summed E-state index contributed by atoms with van der Waals surface area (Å²) in [6.45, 7) is 1.50. The highest BCUT2D eigenvalue weighted by Gasteiger charge is 2.41. The van der Waals surface area contributed by atoms with Crippen molar-refractivity contribution in [2.24, 2.45) is 11.8 Å². The van der Waals surface area contributed by atoms with E-state index < -0.39 is 36.1 Å². The van der Waals surface area contributed by atoms with Gasteiger partial charge < -0.3 is 25.2 Å². The summed E-state index contributed by atoms with van der Waals surface area (Å²) in [5, 5.41) is 38.3. The number of carbonyl (C=O) groups excluding carboxylic acids is 1. The third-order valence-corrected chi connectivity index (χ3v) is 3.91. The van der Waals surface area contributed by atoms with Crippen LogP contribution in [-0.4, -0.2) is 50.5 Å². The highest BCUT2D eigenvalue weighted by molar-refractivity contribution is 5.75. The van der Waals surface area contributed by atoms with Crippen LogP contribution in [-0.2, 0) is 9.59 Å². The van der Waals surface area contributed by atoms with Crippen LogP contribution in [0, 0.1) is 11.8 Å². The number of hydrogen-bond donors (Lipinski definition) is 4. The molecule has 0 aliphatic heterocycles. The molecule has 0 radical (unpaired) electrons. The first-order valence-corrected chi connectivity index (χ1v) is 7.25. The van der Waals surface area contributed by atoms with Gasteiger partial charge in [-0.2, -0.15) is 0 Å². The fraction of sp³-hybridized carbons (Fsp3) is 0.733. The molecular weight excluding hydrogens is 276 g/mol. The van der Waals surface area contributed by atoms with Crippen molar-refractivity contribution in [3.05, 3.63) is 12.2 Å². The Hall–Kier alpha value is -1.24. The van der Waals surface area contributed by atoms with E-state index in [4.69, 9.17) is 5.11 Å². The average Bonchev–Trinajstić information content (AvgIpc) is 2.61. The van der Waals surface area contributed by atoms with Gasteiger partial charge in [-0.3, -0.25) is 4.79 Å². The fourth-order valence-electron chi connectivity index (χ4n) is 2.78. The van der Waals surface area contributed by atoms with E-state index in [9.17, 15) is 24.9 Å². The number of carboxylic acids is 1. The van der Waals surface area contributed by atoms with Gasteiger partial charge in [-0.25, -0.2) is 0 Å². The predicted octanol–water partition coefficient (Wildman–Crippen LogP) is 0.495. The molecule has 0 saturated heterocycles. The molecule has 21 heavy (non-hydrogen) atoms. The molecule has 1 saturated carbocycles. The van der Waals surface area contributed by atoms with Crippen LogP contribution >= 0.6 is 0 Å². The van der Waals surface area contributed by atoms with Gasteiger partial charge in [0.05, 0.1) is 24.7 Å². The second-order valence-corrected chi connectivity index (χ2v) is 5.76. The topological polar surface area (TPSA) is 115 Å². The SMILES string of the molecule is CC(=O)CCCC(O)C=C[C@@H]1[C@@H](CC(=O)O)[C@@H](O)C[C@H]1O. The maximum atomic E-state index is 10.8. The van der Waals surface area contributed by atoms with Crippen LogP contribution < -0.4 is 0 Å². The van der Waals surface area contributed by atoms with E-state index in [0.717, 1.165) is 0 Å². The molecular formula is C15H24O6. The summed E-state index contributed by atoms with van der Waals surface area (Å²) < 4.78 is 0. The summed E-state index contributed by atoms with van der Waals surface area (Å²) in [5.74, 6) is -1.97. The van der Waals surface area contributed by atoms with Gasteiger partial charge >= 0.3 is 5.97 Å². The van der Waals surface area contributed by atoms with Crippen LogP contribution in [0.25, 0.3) is 0 Å². The molecule has 4 N–H and O–H groups in total. The van der Waals surface area contributed by atoms with Crippen LogP contribution in [0.5, 0.6) is 0 Å². The highest BCUT2D eigenvalue weighted by atomic mass is 16.4. The van der Waals surface area contributed by atoms with E-state index >= 15 is 0 Å². The van der Waals surface area contributed by atoms with E-state index in [1.807, 2.05) is 0 Å². The zero-order valence-electron chi connectivity index (χ0n) is 12.2. The molecule has 0 amide bonds. The summed E-state index contributed by atoms with van der Waals surface area (Å²) in [5.41, 5.74) is 0. The van der Waals surface area contributed by atoms with E-state index in [0.29, 0.717) is 19.3 Å². The fourth-order valence-corrected chi connectivity index (χ4v) is 2.78. The quantitative estimate of drug-likeness (QED) is 0.485. The molecule has 6 heteroatoms. The number of aliphatic hydroxyl groups excluding tert-OH is 3. The van der Waals surface area contributed by atoms with Gasteiger partial charge in [-0.1, -0.05) is 12.2 Å². The van der Waals surface area contributed by atoms with Crippen molar-refractivity contribution in [1.82, 2.24) is 0 Å². The van der Waals surface area contributed by atoms with Crippen LogP contribution in [0.4, 0.5) is 0 Å². The van der Waals surface area contributed by atoms with Gasteiger partial charge in [0.25, 0.3) is 0 Å². The first kappa shape index (κ1) is 17.8. The van der Waals surface area contributed by atoms with Gasteiger partial charge in [0.2, 0.25) is 0 Å². The number of aliphatic carboxylic acids is 1. The third kappa shape index (κ3) is 5.95. The molecule has 1 rings (SSSR count). The highest BCUT2D eigenvalue weighted by Crippen LogP contribution is 2.36. The van der Waals surface area contributed by atoms with Crippen molar-refractivity contribution in [1.29, 1.82) is 0 Å². The Morgan fingerprint density at radius 1 is 1.29 bits per heavy atom. The number of rotatable bonds is 8. The normalized spacial score (nSPS) is 30.7. The Kier molecular flexibility index (Phi) is 7.01. The Morgan fingerprint density at radius 2 is 1.95 bits per heavy atom. The number of carboxylic acid groups (broad SMARTS) is 1. The van der Waals surface area contributed by atoms with Crippen molar-refractivity contribution >= 4 is 11.8 Å². The second kappa shape index (κ2) is 8.26. The molecule has 0 aromatic carbocycles. The monoisotopic (exact) mass is 300 g/mol. The molecule has 6 nitrogen and oxygen atoms in total. The smallest absolute Gasteiger partial charge is 0.303 e. The molecule has 5 atom stereocenters. The maximum absolute atomic E-state index is 10.8. The van der Waals surface area contributed by atoms with Crippen LogP contribution in [0.15, 0.2) is 12.2 Å². The average molecular weight is 300 g/mol. The molecule has 0 spiro atoms. The Bertz CT molecular complexity index is 392. The van der Waals surface area contributed by atoms with Gasteiger partial charge in [-0.05, 0) is 19.8 Å². The zero-order chi connectivity index (χ0) is 16.0. The van der Waals surface area contributed by atoms with Crippen molar-refractivity contribution < 1.29 is 30.0 Å². The molecule has 1 aliphatic rings. The van der Waals surface area contributed by atoms with E-state index in [1.165, 1.54) is 13.0 Å². The van der Waals surface area contributed by atoms with Crippen LogP contribution in [0.2, 0.25) is 0 Å². The predicted molar refractivity (Wildman–Crippen MR) is 75.5 cm³/mol. The first-order valence-electron chi connectivity index (χ1n) is 7.25. The zero-order valence-corrected chi connectivity index (χ0v) is 12.2. The molecule has 0 heterocycles. The van der Waals surface area contributed by atoms with E-state index in [-0.39, 0.29) is 18.6 Å². The molecule has 1 fully saturated rings. The summed E-state index contributed by atoms with van der Waals surface area (Å²) >= 11 is 0. The maximum Gasteiger partial charge on any atom is 0.303 e. The third-order valence-electron chi connectivity index (χ3n) is 3.91. The largest absolute Gasteiger partial charge is 0.481 e. The van der Waals surface area contributed by atoms with Gasteiger partial charge in [-0.15, -0.1) is 0 Å². The van der Waals surface area contributed by atoms with Crippen LogP contribution in [0.1, 0.15) is 39.0 Å². The Morgan fingerprint density at radius 3 is 2.52 bits per heavy atom. The summed E-state index contributed by atoms with van der Waals surface area (Å²) in [6, 6.07) is 0. The number of hydrogen-bond acceptors (Lipinski definition) is 5. The van der Waals surface area contributed by atoms with Gasteiger partial charge in [0.15, 0.2) is 0 Å². The first-order chi connectivity index (χ1) is 9.81. The minimum absolute atomic E-state index is 0.0713. The van der Waals surface area contributed by atoms with E-state index in [2.05, 4.69) is 0 Å². The van der Waals surface area contributed by atoms with Crippen molar-refractivity contribution in [2.75, 3.05) is 0 Å².